The lowest BCUT2D eigenvalue weighted by Crippen LogP contribution is -2.49. The van der Waals surface area contributed by atoms with Crippen molar-refractivity contribution in [3.63, 3.8) is 0 Å². The van der Waals surface area contributed by atoms with Crippen molar-refractivity contribution >= 4 is 50.2 Å². The van der Waals surface area contributed by atoms with Crippen LogP contribution in [0.1, 0.15) is 20.3 Å². The summed E-state index contributed by atoms with van der Waals surface area (Å²) < 4.78 is 0.880. The van der Waals surface area contributed by atoms with E-state index in [9.17, 15) is 9.59 Å². The quantitative estimate of drug-likeness (QED) is 0.780. The minimum Gasteiger partial charge on any atom is -0.352 e. The molecule has 0 fully saturated rings. The number of nitrogens with one attached hydrogen (secondary N) is 2. The second kappa shape index (κ2) is 6.93. The fraction of sp³-hybridized carbons (Fsp3) is 0.357. The van der Waals surface area contributed by atoms with Gasteiger partial charge >= 0.3 is 6.03 Å². The molecule has 4 N–H and O–H groups in total. The van der Waals surface area contributed by atoms with E-state index in [1.807, 2.05) is 13.8 Å². The highest BCUT2D eigenvalue weighted by atomic mass is 35.5. The summed E-state index contributed by atoms with van der Waals surface area (Å²) in [6.45, 7) is 3.81. The molecule has 3 amide bonds. The van der Waals surface area contributed by atoms with Crippen LogP contribution in [0.15, 0.2) is 18.2 Å². The monoisotopic (exact) mass is 340 g/mol. The molecule has 0 saturated carbocycles. The van der Waals surface area contributed by atoms with Gasteiger partial charge in [-0.05, 0) is 24.1 Å². The van der Waals surface area contributed by atoms with Gasteiger partial charge in [0.15, 0.2) is 5.13 Å². The second-order valence-electron chi connectivity index (χ2n) is 4.99. The van der Waals surface area contributed by atoms with Crippen molar-refractivity contribution in [2.24, 2.45) is 11.7 Å². The molecule has 0 radical (unpaired) electrons. The average molecular weight is 341 g/mol. The maximum atomic E-state index is 12.4. The van der Waals surface area contributed by atoms with E-state index in [4.69, 9.17) is 17.3 Å². The van der Waals surface area contributed by atoms with Crippen molar-refractivity contribution in [3.8, 4) is 0 Å². The molecule has 0 saturated heterocycles. The highest BCUT2D eigenvalue weighted by molar-refractivity contribution is 7.22. The number of hydrogen-bond donors (Lipinski definition) is 3. The summed E-state index contributed by atoms with van der Waals surface area (Å²) in [4.78, 5) is 27.7. The van der Waals surface area contributed by atoms with Crippen LogP contribution >= 0.6 is 22.9 Å². The van der Waals surface area contributed by atoms with E-state index in [1.54, 1.807) is 18.2 Å². The summed E-state index contributed by atoms with van der Waals surface area (Å²) in [6.07, 6.45) is 0.730. The molecule has 6 nitrogen and oxygen atoms in total. The van der Waals surface area contributed by atoms with Crippen molar-refractivity contribution in [3.05, 3.63) is 23.2 Å². The van der Waals surface area contributed by atoms with E-state index in [0.29, 0.717) is 10.2 Å². The number of nitrogens with two attached hydrogens (primary N) is 1. The molecule has 2 rings (SSSR count). The molecule has 1 aromatic carbocycles. The molecule has 0 unspecified atom stereocenters. The predicted octanol–water partition coefficient (Wildman–Crippen LogP) is 2.97. The fourth-order valence-electron chi connectivity index (χ4n) is 1.99. The molecule has 8 heteroatoms. The topological polar surface area (TPSA) is 97.1 Å². The second-order valence-corrected chi connectivity index (χ2v) is 6.46. The van der Waals surface area contributed by atoms with Gasteiger partial charge in [-0.15, -0.1) is 0 Å². The number of nitrogens with zero attached hydrogens (tertiary/aromatic N) is 1. The third kappa shape index (κ3) is 3.86. The molecular weight excluding hydrogens is 324 g/mol. The zero-order valence-corrected chi connectivity index (χ0v) is 13.8. The lowest BCUT2D eigenvalue weighted by atomic mass is 9.98. The highest BCUT2D eigenvalue weighted by Gasteiger charge is 2.26. The first-order valence-corrected chi connectivity index (χ1v) is 8.03. The minimum absolute atomic E-state index is 0.0451. The summed E-state index contributed by atoms with van der Waals surface area (Å²) in [5, 5.41) is 6.28. The number of aromatic nitrogens is 1. The average Bonchev–Trinajstić information content (AvgIpc) is 2.84. The van der Waals surface area contributed by atoms with Crippen LogP contribution in [0.2, 0.25) is 5.02 Å². The smallest absolute Gasteiger partial charge is 0.312 e. The van der Waals surface area contributed by atoms with E-state index in [0.717, 1.165) is 16.6 Å². The van der Waals surface area contributed by atoms with Crippen LogP contribution in [0.25, 0.3) is 10.2 Å². The molecule has 0 spiro atoms. The predicted molar refractivity (Wildman–Crippen MR) is 89.2 cm³/mol. The van der Waals surface area contributed by atoms with Gasteiger partial charge in [0.05, 0.1) is 10.2 Å². The Hall–Kier alpha value is -1.86. The number of fused-ring (bicyclic) bond motifs is 1. The van der Waals surface area contributed by atoms with Gasteiger partial charge in [-0.1, -0.05) is 43.2 Å². The highest BCUT2D eigenvalue weighted by Crippen LogP contribution is 2.28. The normalized spacial score (nSPS) is 13.6. The van der Waals surface area contributed by atoms with Crippen LogP contribution in [-0.4, -0.2) is 23.0 Å². The van der Waals surface area contributed by atoms with Gasteiger partial charge in [0.1, 0.15) is 6.04 Å². The third-order valence-electron chi connectivity index (χ3n) is 3.37. The number of hydrogen-bond acceptors (Lipinski definition) is 4. The number of halogens is 1. The fourth-order valence-corrected chi connectivity index (χ4v) is 3.14. The maximum absolute atomic E-state index is 12.4. The zero-order valence-electron chi connectivity index (χ0n) is 12.2. The summed E-state index contributed by atoms with van der Waals surface area (Å²) in [5.74, 6) is -0.380. The van der Waals surface area contributed by atoms with Crippen LogP contribution in [0, 0.1) is 5.92 Å². The van der Waals surface area contributed by atoms with Crippen LogP contribution in [0.3, 0.4) is 0 Å². The Labute approximate surface area is 137 Å². The number of benzene rings is 1. The molecular formula is C14H17ClN4O2S. The van der Waals surface area contributed by atoms with Crippen molar-refractivity contribution in [2.75, 3.05) is 5.32 Å². The van der Waals surface area contributed by atoms with Crippen molar-refractivity contribution in [1.29, 1.82) is 0 Å². The summed E-state index contributed by atoms with van der Waals surface area (Å²) in [5.41, 5.74) is 5.89. The van der Waals surface area contributed by atoms with Crippen LogP contribution in [0.5, 0.6) is 0 Å². The van der Waals surface area contributed by atoms with Crippen molar-refractivity contribution in [1.82, 2.24) is 10.3 Å². The number of carbonyl (C=O) groups excluding carboxylic acids is 2. The summed E-state index contributed by atoms with van der Waals surface area (Å²) in [6, 6.07) is 3.90. The number of anilines is 1. The summed E-state index contributed by atoms with van der Waals surface area (Å²) >= 11 is 7.26. The molecule has 22 heavy (non-hydrogen) atoms. The van der Waals surface area contributed by atoms with Crippen LogP contribution < -0.4 is 16.4 Å². The standard InChI is InChI=1S/C14H17ClN4O2S/c1-3-7(2)11(18-13(16)21)12(20)19-14-17-9-5-4-8(15)6-10(9)22-14/h4-7,11H,3H2,1-2H3,(H3,16,18,21)(H,17,19,20)/t7-,11-/m0/s1. The van der Waals surface area contributed by atoms with E-state index < -0.39 is 12.1 Å². The van der Waals surface area contributed by atoms with Gasteiger partial charge in [-0.2, -0.15) is 0 Å². The van der Waals surface area contributed by atoms with Gasteiger partial charge < -0.3 is 16.4 Å². The van der Waals surface area contributed by atoms with Crippen molar-refractivity contribution < 1.29 is 9.59 Å². The molecule has 2 atom stereocenters. The van der Waals surface area contributed by atoms with Gasteiger partial charge in [-0.3, -0.25) is 4.79 Å². The Bertz CT molecular complexity index is 703. The van der Waals surface area contributed by atoms with E-state index >= 15 is 0 Å². The number of rotatable bonds is 5. The van der Waals surface area contributed by atoms with Gasteiger partial charge in [0.25, 0.3) is 0 Å². The van der Waals surface area contributed by atoms with Crippen LogP contribution in [0.4, 0.5) is 9.93 Å². The van der Waals surface area contributed by atoms with Crippen molar-refractivity contribution in [2.45, 2.75) is 26.3 Å². The van der Waals surface area contributed by atoms with E-state index in [-0.39, 0.29) is 11.8 Å². The third-order valence-corrected chi connectivity index (χ3v) is 4.54. The maximum Gasteiger partial charge on any atom is 0.312 e. The molecule has 118 valence electrons. The van der Waals surface area contributed by atoms with Gasteiger partial charge in [0, 0.05) is 5.02 Å². The molecule has 1 heterocycles. The molecule has 2 aromatic rings. The minimum atomic E-state index is -0.725. The Kier molecular flexibility index (Phi) is 5.20. The number of carbonyl (C=O) groups is 2. The van der Waals surface area contributed by atoms with E-state index in [2.05, 4.69) is 15.6 Å². The Morgan fingerprint density at radius 3 is 2.82 bits per heavy atom. The molecule has 0 bridgehead atoms. The Morgan fingerprint density at radius 1 is 1.45 bits per heavy atom. The SMILES string of the molecule is CC[C@H](C)[C@H](NC(N)=O)C(=O)Nc1nc2ccc(Cl)cc2s1. The zero-order chi connectivity index (χ0) is 16.3. The molecule has 0 aliphatic rings. The molecule has 0 aliphatic carbocycles. The first-order chi connectivity index (χ1) is 10.4. The number of thiazole rings is 1. The van der Waals surface area contributed by atoms with Gasteiger partial charge in [-0.25, -0.2) is 9.78 Å². The number of amides is 3. The summed E-state index contributed by atoms with van der Waals surface area (Å²) in [7, 11) is 0. The number of urea groups is 1. The number of primary amides is 1. The molecule has 1 aromatic heterocycles. The Balaban J connectivity index is 2.18. The first kappa shape index (κ1) is 16.5. The van der Waals surface area contributed by atoms with E-state index in [1.165, 1.54) is 11.3 Å². The van der Waals surface area contributed by atoms with Crippen LogP contribution in [-0.2, 0) is 4.79 Å². The largest absolute Gasteiger partial charge is 0.352 e. The van der Waals surface area contributed by atoms with Gasteiger partial charge in [0.2, 0.25) is 5.91 Å². The lowest BCUT2D eigenvalue weighted by Gasteiger charge is -2.21. The Morgan fingerprint density at radius 2 is 2.18 bits per heavy atom. The lowest BCUT2D eigenvalue weighted by molar-refractivity contribution is -0.119. The first-order valence-electron chi connectivity index (χ1n) is 6.83. The molecule has 0 aliphatic heterocycles.